The molecule has 0 spiro atoms. The third kappa shape index (κ3) is 5.93. The van der Waals surface area contributed by atoms with Crippen LogP contribution >= 0.6 is 15.9 Å². The first-order chi connectivity index (χ1) is 8.99. The normalized spacial score (nSPS) is 15.9. The lowest BCUT2D eigenvalue weighted by molar-refractivity contribution is 0.00429. The molecule has 0 unspecified atom stereocenters. The first-order valence-corrected chi connectivity index (χ1v) is 8.12. The van der Waals surface area contributed by atoms with E-state index in [0.717, 1.165) is 6.92 Å². The molecule has 0 aromatic carbocycles. The van der Waals surface area contributed by atoms with Gasteiger partial charge in [-0.3, -0.25) is 0 Å². The number of pyridine rings is 1. The Balaban J connectivity index is 3.00. The lowest BCUT2D eigenvalue weighted by atomic mass is 10.1. The second kappa shape index (κ2) is 6.58. The largest absolute Gasteiger partial charge is 0.247 e. The topological polar surface area (TPSA) is 42.0 Å². The van der Waals surface area contributed by atoms with Gasteiger partial charge in [0.15, 0.2) is 0 Å². The molecule has 0 saturated carbocycles. The van der Waals surface area contributed by atoms with Crippen molar-refractivity contribution in [2.45, 2.75) is 50.8 Å². The van der Waals surface area contributed by atoms with E-state index in [9.17, 15) is 13.0 Å². The zero-order chi connectivity index (χ0) is 15.6. The molecule has 20 heavy (non-hydrogen) atoms. The van der Waals surface area contributed by atoms with Gasteiger partial charge in [0.25, 0.3) is 0 Å². The summed E-state index contributed by atoms with van der Waals surface area (Å²) >= 11 is 3.21. The van der Waals surface area contributed by atoms with Gasteiger partial charge in [-0.05, 0) is 55.8 Å². The fraction of sp³-hybridized carbons (Fsp3) is 0.615. The number of nitrogens with zero attached hydrogens (tertiary/aromatic N) is 1. The highest BCUT2D eigenvalue weighted by Gasteiger charge is 2.31. The van der Waals surface area contributed by atoms with Crippen molar-refractivity contribution in [2.75, 3.05) is 0 Å². The first-order valence-electron chi connectivity index (χ1n) is 6.17. The highest BCUT2D eigenvalue weighted by molar-refractivity contribution is 9.10. The summed E-state index contributed by atoms with van der Waals surface area (Å²) in [5, 5.41) is 0. The predicted octanol–water partition coefficient (Wildman–Crippen LogP) is 3.98. The molecule has 1 rings (SSSR count). The molecular weight excluding hydrogens is 350 g/mol. The third-order valence-corrected chi connectivity index (χ3v) is 4.51. The maximum atomic E-state index is 13.3. The van der Waals surface area contributed by atoms with Crippen LogP contribution in [-0.2, 0) is 11.0 Å². The zero-order valence-electron chi connectivity index (χ0n) is 11.9. The molecule has 0 aliphatic rings. The maximum Gasteiger partial charge on any atom is 0.247 e. The van der Waals surface area contributed by atoms with Gasteiger partial charge in [-0.1, -0.05) is 6.07 Å². The summed E-state index contributed by atoms with van der Waals surface area (Å²) in [6.45, 7) is 6.20. The molecule has 1 N–H and O–H groups in total. The highest BCUT2D eigenvalue weighted by Crippen LogP contribution is 2.29. The van der Waals surface area contributed by atoms with Gasteiger partial charge in [0.2, 0.25) is 5.92 Å². The van der Waals surface area contributed by atoms with Crippen molar-refractivity contribution in [3.8, 4) is 0 Å². The molecule has 1 aromatic rings. The van der Waals surface area contributed by atoms with Crippen molar-refractivity contribution in [1.29, 1.82) is 0 Å². The molecule has 0 fully saturated rings. The van der Waals surface area contributed by atoms with Crippen molar-refractivity contribution in [3.63, 3.8) is 0 Å². The number of hydrogen-bond acceptors (Lipinski definition) is 2. The molecular formula is C13H19BrF2N2OS. The number of hydrogen-bond donors (Lipinski definition) is 1. The van der Waals surface area contributed by atoms with Crippen molar-refractivity contribution < 1.29 is 13.0 Å². The molecule has 1 heterocycles. The summed E-state index contributed by atoms with van der Waals surface area (Å²) in [6.07, 6.45) is -0.460. The zero-order valence-corrected chi connectivity index (χ0v) is 14.3. The van der Waals surface area contributed by atoms with Crippen LogP contribution in [0.1, 0.15) is 45.9 Å². The monoisotopic (exact) mass is 368 g/mol. The summed E-state index contributed by atoms with van der Waals surface area (Å²) in [4.78, 5) is 4.18. The Hall–Kier alpha value is -0.400. The Morgan fingerprint density at radius 3 is 2.40 bits per heavy atom. The Bertz CT molecular complexity index is 486. The molecule has 114 valence electrons. The van der Waals surface area contributed by atoms with E-state index in [4.69, 9.17) is 0 Å². The molecule has 7 heteroatoms. The Morgan fingerprint density at radius 2 is 1.95 bits per heavy atom. The Kier molecular flexibility index (Phi) is 5.80. The van der Waals surface area contributed by atoms with E-state index in [-0.39, 0.29) is 0 Å². The molecule has 0 aliphatic carbocycles. The number of halogens is 3. The Labute approximate surface area is 129 Å². The van der Waals surface area contributed by atoms with Crippen molar-refractivity contribution in [1.82, 2.24) is 9.71 Å². The second-order valence-corrected chi connectivity index (χ2v) is 8.52. The summed E-state index contributed by atoms with van der Waals surface area (Å²) in [5.41, 5.74) is 0.443. The lowest BCUT2D eigenvalue weighted by Crippen LogP contribution is -2.37. The minimum Gasteiger partial charge on any atom is -0.244 e. The van der Waals surface area contributed by atoms with E-state index in [1.54, 1.807) is 39.0 Å². The second-order valence-electron chi connectivity index (χ2n) is 5.71. The van der Waals surface area contributed by atoms with Gasteiger partial charge >= 0.3 is 0 Å². The minimum atomic E-state index is -2.87. The molecule has 0 aliphatic heterocycles. The molecule has 3 nitrogen and oxygen atoms in total. The van der Waals surface area contributed by atoms with Crippen LogP contribution in [0.2, 0.25) is 0 Å². The van der Waals surface area contributed by atoms with Gasteiger partial charge in [-0.2, -0.15) is 0 Å². The molecule has 0 saturated heterocycles. The van der Waals surface area contributed by atoms with E-state index in [1.165, 1.54) is 0 Å². The molecule has 0 amide bonds. The van der Waals surface area contributed by atoms with E-state index in [0.29, 0.717) is 10.3 Å². The number of aromatic nitrogens is 1. The van der Waals surface area contributed by atoms with E-state index in [2.05, 4.69) is 25.6 Å². The van der Waals surface area contributed by atoms with Crippen LogP contribution < -0.4 is 4.72 Å². The quantitative estimate of drug-likeness (QED) is 0.798. The van der Waals surface area contributed by atoms with Crippen LogP contribution in [0.15, 0.2) is 22.8 Å². The van der Waals surface area contributed by atoms with Gasteiger partial charge in [-0.15, -0.1) is 0 Å². The molecule has 0 radical (unpaired) electrons. The molecule has 0 bridgehead atoms. The van der Waals surface area contributed by atoms with Gasteiger partial charge in [0.1, 0.15) is 4.60 Å². The van der Waals surface area contributed by atoms with Crippen molar-refractivity contribution >= 4 is 26.9 Å². The van der Waals surface area contributed by atoms with Crippen LogP contribution in [0.25, 0.3) is 0 Å². The van der Waals surface area contributed by atoms with Gasteiger partial charge in [-0.25, -0.2) is 22.7 Å². The van der Waals surface area contributed by atoms with Crippen LogP contribution in [-0.4, -0.2) is 19.9 Å². The molecule has 1 aromatic heterocycles. The lowest BCUT2D eigenvalue weighted by Gasteiger charge is -2.25. The van der Waals surface area contributed by atoms with Crippen LogP contribution in [0.3, 0.4) is 0 Å². The third-order valence-electron chi connectivity index (χ3n) is 2.46. The van der Waals surface area contributed by atoms with Crippen molar-refractivity contribution in [2.24, 2.45) is 0 Å². The first kappa shape index (κ1) is 17.7. The van der Waals surface area contributed by atoms with Crippen LogP contribution in [0.5, 0.6) is 0 Å². The van der Waals surface area contributed by atoms with E-state index in [1.807, 2.05) is 0 Å². The minimum absolute atomic E-state index is 0.443. The summed E-state index contributed by atoms with van der Waals surface area (Å²) in [6, 6.07) is 4.31. The fourth-order valence-corrected chi connectivity index (χ4v) is 2.66. The average molecular weight is 369 g/mol. The highest BCUT2D eigenvalue weighted by atomic mass is 79.9. The van der Waals surface area contributed by atoms with E-state index >= 15 is 0 Å². The average Bonchev–Trinajstić information content (AvgIpc) is 2.25. The standard InChI is InChI=1S/C13H19BrF2N2OS/c1-12(2,3)20(19)18-10(8-13(4,15)16)9-6-5-7-11(14)17-9/h5-7,10,18H,8H2,1-4H3/t10-,20-/m0/s1. The predicted molar refractivity (Wildman–Crippen MR) is 80.9 cm³/mol. The summed E-state index contributed by atoms with van der Waals surface area (Å²) in [7, 11) is -1.45. The van der Waals surface area contributed by atoms with Gasteiger partial charge in [0.05, 0.1) is 27.5 Å². The van der Waals surface area contributed by atoms with Crippen molar-refractivity contribution in [3.05, 3.63) is 28.5 Å². The number of nitrogens with one attached hydrogen (secondary N) is 1. The van der Waals surface area contributed by atoms with Crippen LogP contribution in [0.4, 0.5) is 8.78 Å². The summed E-state index contributed by atoms with van der Waals surface area (Å²) < 4.78 is 41.6. The fourth-order valence-electron chi connectivity index (χ4n) is 1.49. The maximum absolute atomic E-state index is 13.3. The Morgan fingerprint density at radius 1 is 1.35 bits per heavy atom. The smallest absolute Gasteiger partial charge is 0.244 e. The summed E-state index contributed by atoms with van der Waals surface area (Å²) in [5.74, 6) is -2.87. The SMILES string of the molecule is CC(F)(F)C[C@H](N[S@@](=O)C(C)(C)C)c1cccc(Br)n1. The van der Waals surface area contributed by atoms with E-state index < -0.39 is 34.1 Å². The van der Waals surface area contributed by atoms with Crippen LogP contribution in [0, 0.1) is 0 Å². The molecule has 2 atom stereocenters. The number of alkyl halides is 2. The van der Waals surface area contributed by atoms with Gasteiger partial charge in [0, 0.05) is 6.42 Å². The van der Waals surface area contributed by atoms with Gasteiger partial charge < -0.3 is 0 Å². The number of rotatable bonds is 5.